The molecule has 0 unspecified atom stereocenters. The number of rotatable bonds is 4. The van der Waals surface area contributed by atoms with E-state index in [2.05, 4.69) is 10.1 Å². The second-order valence-electron chi connectivity index (χ2n) is 6.37. The highest BCUT2D eigenvalue weighted by molar-refractivity contribution is 5.96. The molecule has 0 radical (unpaired) electrons. The van der Waals surface area contributed by atoms with Gasteiger partial charge in [0.1, 0.15) is 5.75 Å². The normalized spacial score (nSPS) is 16.9. The molecule has 0 saturated carbocycles. The van der Waals surface area contributed by atoms with Crippen LogP contribution in [0, 0.1) is 6.92 Å². The Morgan fingerprint density at radius 1 is 1.15 bits per heavy atom. The highest BCUT2D eigenvalue weighted by Gasteiger charge is 2.35. The lowest BCUT2D eigenvalue weighted by atomic mass is 10.1. The zero-order valence-electron chi connectivity index (χ0n) is 14.7. The van der Waals surface area contributed by atoms with Gasteiger partial charge < -0.3 is 14.2 Å². The number of methoxy groups -OCH3 is 1. The Morgan fingerprint density at radius 2 is 1.92 bits per heavy atom. The Kier molecular flexibility index (Phi) is 4.16. The van der Waals surface area contributed by atoms with Gasteiger partial charge in [-0.15, -0.1) is 0 Å². The van der Waals surface area contributed by atoms with E-state index in [1.807, 2.05) is 55.5 Å². The van der Waals surface area contributed by atoms with E-state index in [1.165, 1.54) is 0 Å². The van der Waals surface area contributed by atoms with Gasteiger partial charge in [-0.1, -0.05) is 29.4 Å². The number of amides is 1. The van der Waals surface area contributed by atoms with Crippen LogP contribution in [0.4, 0.5) is 5.69 Å². The molecule has 6 nitrogen and oxygen atoms in total. The van der Waals surface area contributed by atoms with E-state index in [9.17, 15) is 4.79 Å². The molecule has 0 bridgehead atoms. The summed E-state index contributed by atoms with van der Waals surface area (Å²) in [6, 6.07) is 15.4. The lowest BCUT2D eigenvalue weighted by Gasteiger charge is -2.16. The third-order valence-corrected chi connectivity index (χ3v) is 4.69. The van der Waals surface area contributed by atoms with Crippen molar-refractivity contribution in [2.45, 2.75) is 19.3 Å². The van der Waals surface area contributed by atoms with Crippen molar-refractivity contribution in [1.82, 2.24) is 10.1 Å². The fourth-order valence-corrected chi connectivity index (χ4v) is 3.22. The van der Waals surface area contributed by atoms with Gasteiger partial charge in [0.15, 0.2) is 0 Å². The molecule has 4 rings (SSSR count). The van der Waals surface area contributed by atoms with Crippen molar-refractivity contribution in [2.24, 2.45) is 0 Å². The van der Waals surface area contributed by atoms with Gasteiger partial charge in [-0.25, -0.2) is 0 Å². The summed E-state index contributed by atoms with van der Waals surface area (Å²) in [6.45, 7) is 2.54. The molecule has 1 aliphatic rings. The summed E-state index contributed by atoms with van der Waals surface area (Å²) >= 11 is 0. The molecule has 1 aliphatic heterocycles. The van der Waals surface area contributed by atoms with Crippen LogP contribution in [0.1, 0.15) is 23.8 Å². The molecule has 0 spiro atoms. The Labute approximate surface area is 151 Å². The minimum atomic E-state index is -0.102. The molecule has 1 aromatic heterocycles. The van der Waals surface area contributed by atoms with Gasteiger partial charge in [-0.05, 0) is 36.8 Å². The fraction of sp³-hybridized carbons (Fsp3) is 0.250. The monoisotopic (exact) mass is 349 g/mol. The number of aromatic nitrogens is 2. The van der Waals surface area contributed by atoms with Crippen molar-refractivity contribution in [2.75, 3.05) is 18.6 Å². The van der Waals surface area contributed by atoms with E-state index in [4.69, 9.17) is 9.26 Å². The molecule has 132 valence electrons. The fourth-order valence-electron chi connectivity index (χ4n) is 3.22. The molecule has 1 fully saturated rings. The van der Waals surface area contributed by atoms with Crippen molar-refractivity contribution in [3.8, 4) is 17.1 Å². The minimum absolute atomic E-state index is 0.0517. The zero-order valence-corrected chi connectivity index (χ0v) is 14.7. The van der Waals surface area contributed by atoms with Gasteiger partial charge >= 0.3 is 0 Å². The first-order valence-corrected chi connectivity index (χ1v) is 8.49. The summed E-state index contributed by atoms with van der Waals surface area (Å²) in [5.41, 5.74) is 2.87. The van der Waals surface area contributed by atoms with E-state index in [0.717, 1.165) is 22.6 Å². The molecule has 1 saturated heterocycles. The second kappa shape index (κ2) is 6.63. The van der Waals surface area contributed by atoms with Crippen molar-refractivity contribution in [3.05, 3.63) is 60.0 Å². The van der Waals surface area contributed by atoms with Crippen molar-refractivity contribution >= 4 is 11.6 Å². The first-order chi connectivity index (χ1) is 12.7. The maximum atomic E-state index is 12.4. The standard InChI is InChI=1S/C20H19N3O3/c1-13-5-3-4-6-17(13)19-21-20(26-22-19)14-11-18(24)23(12-14)15-7-9-16(25-2)10-8-15/h3-10,14H,11-12H2,1-2H3/t14-/m1/s1. The van der Waals surface area contributed by atoms with Crippen LogP contribution in [0.2, 0.25) is 0 Å². The van der Waals surface area contributed by atoms with Crippen molar-refractivity contribution in [3.63, 3.8) is 0 Å². The van der Waals surface area contributed by atoms with Gasteiger partial charge in [-0.3, -0.25) is 4.79 Å². The summed E-state index contributed by atoms with van der Waals surface area (Å²) in [4.78, 5) is 18.7. The highest BCUT2D eigenvalue weighted by atomic mass is 16.5. The number of aryl methyl sites for hydroxylation is 1. The van der Waals surface area contributed by atoms with E-state index < -0.39 is 0 Å². The Morgan fingerprint density at radius 3 is 2.65 bits per heavy atom. The van der Waals surface area contributed by atoms with Crippen LogP contribution in [0.15, 0.2) is 53.1 Å². The van der Waals surface area contributed by atoms with E-state index in [0.29, 0.717) is 24.7 Å². The van der Waals surface area contributed by atoms with Crippen LogP contribution >= 0.6 is 0 Å². The summed E-state index contributed by atoms with van der Waals surface area (Å²) in [5, 5.41) is 4.10. The SMILES string of the molecule is COc1ccc(N2C[C@H](c3nc(-c4ccccc4C)no3)CC2=O)cc1. The topological polar surface area (TPSA) is 68.5 Å². The number of anilines is 1. The Hall–Kier alpha value is -3.15. The lowest BCUT2D eigenvalue weighted by Crippen LogP contribution is -2.24. The van der Waals surface area contributed by atoms with Gasteiger partial charge in [-0.2, -0.15) is 4.98 Å². The van der Waals surface area contributed by atoms with Crippen LogP contribution in [-0.2, 0) is 4.79 Å². The lowest BCUT2D eigenvalue weighted by molar-refractivity contribution is -0.117. The quantitative estimate of drug-likeness (QED) is 0.720. The number of hydrogen-bond acceptors (Lipinski definition) is 5. The molecule has 3 aromatic rings. The Balaban J connectivity index is 1.55. The predicted molar refractivity (Wildman–Crippen MR) is 97.2 cm³/mol. The average Bonchev–Trinajstić information content (AvgIpc) is 3.29. The molecule has 0 N–H and O–H groups in total. The van der Waals surface area contributed by atoms with Crippen LogP contribution < -0.4 is 9.64 Å². The smallest absolute Gasteiger partial charge is 0.232 e. The molecule has 0 aliphatic carbocycles. The molecular formula is C20H19N3O3. The van der Waals surface area contributed by atoms with E-state index in [-0.39, 0.29) is 11.8 Å². The number of nitrogens with zero attached hydrogens (tertiary/aromatic N) is 3. The summed E-state index contributed by atoms with van der Waals surface area (Å²) in [5.74, 6) is 1.78. The van der Waals surface area contributed by atoms with Crippen LogP contribution in [0.25, 0.3) is 11.4 Å². The maximum absolute atomic E-state index is 12.4. The molecule has 1 atom stereocenters. The number of carbonyl (C=O) groups excluding carboxylic acids is 1. The minimum Gasteiger partial charge on any atom is -0.497 e. The number of hydrogen-bond donors (Lipinski definition) is 0. The molecular weight excluding hydrogens is 330 g/mol. The summed E-state index contributed by atoms with van der Waals surface area (Å²) in [7, 11) is 1.62. The molecule has 1 amide bonds. The van der Waals surface area contributed by atoms with Gasteiger partial charge in [0.05, 0.1) is 13.0 Å². The van der Waals surface area contributed by atoms with Gasteiger partial charge in [0.2, 0.25) is 17.6 Å². The number of ether oxygens (including phenoxy) is 1. The number of carbonyl (C=O) groups is 1. The second-order valence-corrected chi connectivity index (χ2v) is 6.37. The molecule has 2 aromatic carbocycles. The van der Waals surface area contributed by atoms with E-state index >= 15 is 0 Å². The highest BCUT2D eigenvalue weighted by Crippen LogP contribution is 2.33. The predicted octanol–water partition coefficient (Wildman–Crippen LogP) is 3.57. The van der Waals surface area contributed by atoms with Crippen molar-refractivity contribution < 1.29 is 14.1 Å². The van der Waals surface area contributed by atoms with Gasteiger partial charge in [0, 0.05) is 24.2 Å². The zero-order chi connectivity index (χ0) is 18.1. The van der Waals surface area contributed by atoms with Crippen molar-refractivity contribution in [1.29, 1.82) is 0 Å². The van der Waals surface area contributed by atoms with Crippen LogP contribution in [-0.4, -0.2) is 29.7 Å². The summed E-state index contributed by atoms with van der Waals surface area (Å²) < 4.78 is 10.6. The summed E-state index contributed by atoms with van der Waals surface area (Å²) in [6.07, 6.45) is 0.363. The first-order valence-electron chi connectivity index (χ1n) is 8.49. The third kappa shape index (κ3) is 2.94. The average molecular weight is 349 g/mol. The third-order valence-electron chi connectivity index (χ3n) is 4.69. The molecule has 2 heterocycles. The molecule has 26 heavy (non-hydrogen) atoms. The Bertz CT molecular complexity index is 933. The molecule has 6 heteroatoms. The maximum Gasteiger partial charge on any atom is 0.232 e. The largest absolute Gasteiger partial charge is 0.497 e. The van der Waals surface area contributed by atoms with Crippen LogP contribution in [0.5, 0.6) is 5.75 Å². The first kappa shape index (κ1) is 16.3. The van der Waals surface area contributed by atoms with Gasteiger partial charge in [0.25, 0.3) is 0 Å². The van der Waals surface area contributed by atoms with Crippen LogP contribution in [0.3, 0.4) is 0 Å². The van der Waals surface area contributed by atoms with E-state index in [1.54, 1.807) is 12.0 Å². The number of benzene rings is 2.